The Balaban J connectivity index is 2.84. The summed E-state index contributed by atoms with van der Waals surface area (Å²) in [5, 5.41) is 14.8. The number of nitrogens with one attached hydrogen (secondary N) is 2. The Morgan fingerprint density at radius 3 is 2.87 bits per heavy atom. The SMILES string of the molecule is CNC1=CC=CC(C=CC(=O)O)(NC)C1. The first kappa shape index (κ1) is 11.5. The number of likely N-dealkylation sites (N-methyl/N-ethyl adjacent to an activating group) is 1. The highest BCUT2D eigenvalue weighted by molar-refractivity contribution is 5.80. The number of carboxylic acid groups (broad SMARTS) is 1. The van der Waals surface area contributed by atoms with E-state index in [4.69, 9.17) is 5.11 Å². The van der Waals surface area contributed by atoms with Gasteiger partial charge in [-0.15, -0.1) is 0 Å². The molecule has 3 N–H and O–H groups in total. The molecule has 15 heavy (non-hydrogen) atoms. The molecule has 0 saturated heterocycles. The highest BCUT2D eigenvalue weighted by Gasteiger charge is 2.25. The summed E-state index contributed by atoms with van der Waals surface area (Å²) in [7, 11) is 3.67. The smallest absolute Gasteiger partial charge is 0.328 e. The molecular formula is C11H16N2O2. The van der Waals surface area contributed by atoms with Crippen molar-refractivity contribution in [2.24, 2.45) is 0 Å². The second-order valence-electron chi connectivity index (χ2n) is 3.44. The molecule has 0 heterocycles. The van der Waals surface area contributed by atoms with E-state index in [1.54, 1.807) is 6.08 Å². The molecule has 1 aliphatic rings. The Hall–Kier alpha value is -1.55. The summed E-state index contributed by atoms with van der Waals surface area (Å²) >= 11 is 0. The monoisotopic (exact) mass is 208 g/mol. The van der Waals surface area contributed by atoms with Crippen molar-refractivity contribution in [3.8, 4) is 0 Å². The molecule has 0 aromatic rings. The first-order valence-corrected chi connectivity index (χ1v) is 4.79. The minimum Gasteiger partial charge on any atom is -0.478 e. The van der Waals surface area contributed by atoms with Crippen LogP contribution in [0.3, 0.4) is 0 Å². The van der Waals surface area contributed by atoms with Crippen LogP contribution >= 0.6 is 0 Å². The molecule has 0 aliphatic heterocycles. The number of allylic oxidation sites excluding steroid dienone is 2. The van der Waals surface area contributed by atoms with Gasteiger partial charge < -0.3 is 15.7 Å². The molecule has 0 aromatic heterocycles. The second kappa shape index (κ2) is 4.79. The summed E-state index contributed by atoms with van der Waals surface area (Å²) in [5.41, 5.74) is 0.674. The molecule has 0 spiro atoms. The van der Waals surface area contributed by atoms with Crippen LogP contribution in [0.5, 0.6) is 0 Å². The quantitative estimate of drug-likeness (QED) is 0.594. The van der Waals surface area contributed by atoms with Crippen molar-refractivity contribution in [3.05, 3.63) is 36.1 Å². The zero-order valence-electron chi connectivity index (χ0n) is 8.95. The van der Waals surface area contributed by atoms with E-state index in [9.17, 15) is 4.79 Å². The van der Waals surface area contributed by atoms with E-state index in [2.05, 4.69) is 10.6 Å². The fourth-order valence-corrected chi connectivity index (χ4v) is 1.53. The summed E-state index contributed by atoms with van der Waals surface area (Å²) in [6.07, 6.45) is 9.39. The Bertz CT molecular complexity index is 331. The summed E-state index contributed by atoms with van der Waals surface area (Å²) in [4.78, 5) is 10.5. The van der Waals surface area contributed by atoms with Gasteiger partial charge in [0.25, 0.3) is 0 Å². The van der Waals surface area contributed by atoms with Crippen LogP contribution in [0.2, 0.25) is 0 Å². The maximum absolute atomic E-state index is 10.5. The van der Waals surface area contributed by atoms with Gasteiger partial charge in [0.2, 0.25) is 0 Å². The first-order valence-electron chi connectivity index (χ1n) is 4.79. The van der Waals surface area contributed by atoms with Gasteiger partial charge in [0, 0.05) is 25.2 Å². The third-order valence-corrected chi connectivity index (χ3v) is 2.48. The lowest BCUT2D eigenvalue weighted by Gasteiger charge is -2.30. The standard InChI is InChI=1S/C11H16N2O2/c1-12-9-4-3-6-11(8-9,13-2)7-5-10(14)15/h3-7,12-13H,8H2,1-2H3,(H,14,15). The summed E-state index contributed by atoms with van der Waals surface area (Å²) in [5.74, 6) is -0.932. The molecule has 0 aromatic carbocycles. The number of hydrogen-bond donors (Lipinski definition) is 3. The van der Waals surface area contributed by atoms with Crippen LogP contribution in [0, 0.1) is 0 Å². The molecule has 0 fully saturated rings. The van der Waals surface area contributed by atoms with E-state index in [1.807, 2.05) is 32.3 Å². The van der Waals surface area contributed by atoms with Crippen molar-refractivity contribution in [3.63, 3.8) is 0 Å². The van der Waals surface area contributed by atoms with Gasteiger partial charge in [-0.3, -0.25) is 0 Å². The van der Waals surface area contributed by atoms with Crippen LogP contribution in [0.25, 0.3) is 0 Å². The fraction of sp³-hybridized carbons (Fsp3) is 0.364. The highest BCUT2D eigenvalue weighted by Crippen LogP contribution is 2.22. The largest absolute Gasteiger partial charge is 0.478 e. The number of hydrogen-bond acceptors (Lipinski definition) is 3. The van der Waals surface area contributed by atoms with Crippen LogP contribution in [0.1, 0.15) is 6.42 Å². The van der Waals surface area contributed by atoms with Crippen LogP contribution < -0.4 is 10.6 Å². The maximum atomic E-state index is 10.5. The fourth-order valence-electron chi connectivity index (χ4n) is 1.53. The van der Waals surface area contributed by atoms with Crippen LogP contribution in [0.15, 0.2) is 36.1 Å². The molecule has 0 saturated carbocycles. The third-order valence-electron chi connectivity index (χ3n) is 2.48. The van der Waals surface area contributed by atoms with E-state index in [1.165, 1.54) is 6.08 Å². The molecule has 82 valence electrons. The van der Waals surface area contributed by atoms with Crippen LogP contribution in [-0.4, -0.2) is 30.7 Å². The number of aliphatic carboxylic acids is 1. The second-order valence-corrected chi connectivity index (χ2v) is 3.44. The predicted octanol–water partition coefficient (Wildman–Crippen LogP) is 0.649. The number of carboxylic acids is 1. The van der Waals surface area contributed by atoms with Gasteiger partial charge in [-0.05, 0) is 13.1 Å². The minimum atomic E-state index is -0.932. The number of rotatable bonds is 4. The third kappa shape index (κ3) is 2.95. The molecule has 1 unspecified atom stereocenters. The Morgan fingerprint density at radius 1 is 1.60 bits per heavy atom. The van der Waals surface area contributed by atoms with Crippen molar-refractivity contribution in [2.45, 2.75) is 12.0 Å². The van der Waals surface area contributed by atoms with Gasteiger partial charge in [-0.1, -0.05) is 18.2 Å². The Morgan fingerprint density at radius 2 is 2.33 bits per heavy atom. The molecule has 0 radical (unpaired) electrons. The van der Waals surface area contributed by atoms with E-state index in [-0.39, 0.29) is 0 Å². The lowest BCUT2D eigenvalue weighted by Crippen LogP contribution is -2.41. The van der Waals surface area contributed by atoms with Crippen molar-refractivity contribution in [1.82, 2.24) is 10.6 Å². The zero-order valence-corrected chi connectivity index (χ0v) is 8.95. The van der Waals surface area contributed by atoms with E-state index < -0.39 is 11.5 Å². The maximum Gasteiger partial charge on any atom is 0.328 e. The van der Waals surface area contributed by atoms with E-state index >= 15 is 0 Å². The topological polar surface area (TPSA) is 61.4 Å². The van der Waals surface area contributed by atoms with Gasteiger partial charge >= 0.3 is 5.97 Å². The normalized spacial score (nSPS) is 25.3. The Kier molecular flexibility index (Phi) is 3.68. The van der Waals surface area contributed by atoms with Crippen molar-refractivity contribution >= 4 is 5.97 Å². The molecule has 1 aliphatic carbocycles. The molecule has 4 heteroatoms. The van der Waals surface area contributed by atoms with Gasteiger partial charge in [0.05, 0.1) is 5.54 Å². The highest BCUT2D eigenvalue weighted by atomic mass is 16.4. The van der Waals surface area contributed by atoms with Crippen LogP contribution in [0.4, 0.5) is 0 Å². The molecule has 1 atom stereocenters. The van der Waals surface area contributed by atoms with E-state index in [0.717, 1.165) is 12.1 Å². The molecular weight excluding hydrogens is 192 g/mol. The summed E-state index contributed by atoms with van der Waals surface area (Å²) in [6, 6.07) is 0. The molecule has 0 bridgehead atoms. The zero-order chi connectivity index (χ0) is 11.3. The Labute approximate surface area is 89.4 Å². The van der Waals surface area contributed by atoms with Gasteiger partial charge in [-0.2, -0.15) is 0 Å². The van der Waals surface area contributed by atoms with E-state index in [0.29, 0.717) is 0 Å². The first-order chi connectivity index (χ1) is 7.12. The number of carbonyl (C=O) groups is 1. The van der Waals surface area contributed by atoms with Gasteiger partial charge in [0.15, 0.2) is 0 Å². The molecule has 4 nitrogen and oxygen atoms in total. The van der Waals surface area contributed by atoms with Crippen molar-refractivity contribution in [2.75, 3.05) is 14.1 Å². The summed E-state index contributed by atoms with van der Waals surface area (Å²) < 4.78 is 0. The average molecular weight is 208 g/mol. The predicted molar refractivity (Wildman–Crippen MR) is 59.5 cm³/mol. The van der Waals surface area contributed by atoms with Crippen molar-refractivity contribution < 1.29 is 9.90 Å². The average Bonchev–Trinajstić information content (AvgIpc) is 2.26. The van der Waals surface area contributed by atoms with Crippen LogP contribution in [-0.2, 0) is 4.79 Å². The molecule has 1 rings (SSSR count). The summed E-state index contributed by atoms with van der Waals surface area (Å²) in [6.45, 7) is 0. The molecule has 0 amide bonds. The van der Waals surface area contributed by atoms with Gasteiger partial charge in [-0.25, -0.2) is 4.79 Å². The minimum absolute atomic E-state index is 0.397. The van der Waals surface area contributed by atoms with Crippen molar-refractivity contribution in [1.29, 1.82) is 0 Å². The van der Waals surface area contributed by atoms with Gasteiger partial charge in [0.1, 0.15) is 0 Å². The lowest BCUT2D eigenvalue weighted by molar-refractivity contribution is -0.131. The lowest BCUT2D eigenvalue weighted by atomic mass is 9.89.